The highest BCUT2D eigenvalue weighted by Crippen LogP contribution is 2.27. The molecule has 1 heterocycles. The molecule has 1 saturated heterocycles. The molecule has 0 radical (unpaired) electrons. The molecule has 2 aromatic rings. The van der Waals surface area contributed by atoms with Gasteiger partial charge in [0.2, 0.25) is 11.8 Å². The molecular weight excluding hydrogens is 344 g/mol. The lowest BCUT2D eigenvalue weighted by Crippen LogP contribution is -2.42. The highest BCUT2D eigenvalue weighted by atomic mass is 16.5. The number of amides is 2. The van der Waals surface area contributed by atoms with Crippen LogP contribution >= 0.6 is 0 Å². The van der Waals surface area contributed by atoms with E-state index in [1.807, 2.05) is 36.4 Å². The highest BCUT2D eigenvalue weighted by molar-refractivity contribution is 5.94. The molecule has 0 aliphatic carbocycles. The molecule has 2 amide bonds. The number of ether oxygens (including phenoxy) is 1. The third-order valence-corrected chi connectivity index (χ3v) is 4.51. The van der Waals surface area contributed by atoms with Crippen molar-refractivity contribution in [1.29, 1.82) is 0 Å². The van der Waals surface area contributed by atoms with E-state index in [0.29, 0.717) is 6.42 Å². The summed E-state index contributed by atoms with van der Waals surface area (Å²) in [7, 11) is 0. The summed E-state index contributed by atoms with van der Waals surface area (Å²) in [5, 5.41) is 4.95. The monoisotopic (exact) mass is 366 g/mol. The summed E-state index contributed by atoms with van der Waals surface area (Å²) in [6.07, 6.45) is 0.498. The SMILES string of the molecule is O=C1CC(C(=O)OCCC(c2ccccc2)c2ccccc2)NC(=O)CN1. The number of carbonyl (C=O) groups is 3. The lowest BCUT2D eigenvalue weighted by Gasteiger charge is -2.19. The van der Waals surface area contributed by atoms with E-state index in [-0.39, 0.29) is 31.4 Å². The van der Waals surface area contributed by atoms with Crippen LogP contribution in [0.25, 0.3) is 0 Å². The number of hydrogen-bond acceptors (Lipinski definition) is 4. The van der Waals surface area contributed by atoms with E-state index in [1.54, 1.807) is 0 Å². The van der Waals surface area contributed by atoms with Crippen LogP contribution in [0.5, 0.6) is 0 Å². The fourth-order valence-corrected chi connectivity index (χ4v) is 3.15. The van der Waals surface area contributed by atoms with E-state index in [9.17, 15) is 14.4 Å². The van der Waals surface area contributed by atoms with Crippen LogP contribution in [0.2, 0.25) is 0 Å². The summed E-state index contributed by atoms with van der Waals surface area (Å²) in [5.74, 6) is -1.23. The topological polar surface area (TPSA) is 84.5 Å². The molecule has 140 valence electrons. The number of nitrogens with one attached hydrogen (secondary N) is 2. The van der Waals surface area contributed by atoms with Crippen LogP contribution < -0.4 is 10.6 Å². The lowest BCUT2D eigenvalue weighted by atomic mass is 9.89. The van der Waals surface area contributed by atoms with Crippen LogP contribution in [0, 0.1) is 0 Å². The van der Waals surface area contributed by atoms with Gasteiger partial charge in [-0.2, -0.15) is 0 Å². The van der Waals surface area contributed by atoms with Gasteiger partial charge in [-0.15, -0.1) is 0 Å². The largest absolute Gasteiger partial charge is 0.464 e. The minimum Gasteiger partial charge on any atom is -0.464 e. The molecule has 0 aromatic heterocycles. The zero-order valence-corrected chi connectivity index (χ0v) is 14.9. The minimum atomic E-state index is -0.938. The second-order valence-electron chi connectivity index (χ2n) is 6.43. The standard InChI is InChI=1S/C21H22N2O4/c24-19-13-18(23-20(25)14-22-19)21(26)27-12-11-17(15-7-3-1-4-8-15)16-9-5-2-6-10-16/h1-10,17-18H,11-14H2,(H,22,24)(H,23,25). The molecule has 6 heteroatoms. The van der Waals surface area contributed by atoms with Gasteiger partial charge in [-0.25, -0.2) is 4.79 Å². The average molecular weight is 366 g/mol. The van der Waals surface area contributed by atoms with Gasteiger partial charge < -0.3 is 15.4 Å². The summed E-state index contributed by atoms with van der Waals surface area (Å²) in [6, 6.07) is 19.1. The Labute approximate surface area is 157 Å². The molecule has 3 rings (SSSR count). The maximum atomic E-state index is 12.3. The van der Waals surface area contributed by atoms with Crippen molar-refractivity contribution >= 4 is 17.8 Å². The van der Waals surface area contributed by atoms with Gasteiger partial charge in [0.05, 0.1) is 19.6 Å². The molecular formula is C21H22N2O4. The number of rotatable bonds is 6. The molecule has 1 aliphatic rings. The second kappa shape index (κ2) is 8.98. The van der Waals surface area contributed by atoms with Gasteiger partial charge in [0.25, 0.3) is 0 Å². The first-order valence-corrected chi connectivity index (χ1v) is 8.96. The summed E-state index contributed by atoms with van der Waals surface area (Å²) in [4.78, 5) is 35.4. The molecule has 1 aliphatic heterocycles. The molecule has 6 nitrogen and oxygen atoms in total. The zero-order chi connectivity index (χ0) is 19.1. The Morgan fingerprint density at radius 2 is 1.56 bits per heavy atom. The van der Waals surface area contributed by atoms with Gasteiger partial charge in [0.15, 0.2) is 0 Å². The van der Waals surface area contributed by atoms with Crippen molar-refractivity contribution in [3.8, 4) is 0 Å². The minimum absolute atomic E-state index is 0.0900. The third kappa shape index (κ3) is 5.17. The molecule has 2 aromatic carbocycles. The van der Waals surface area contributed by atoms with Crippen molar-refractivity contribution in [2.45, 2.75) is 24.8 Å². The number of esters is 1. The first-order chi connectivity index (χ1) is 13.1. The fraction of sp³-hybridized carbons (Fsp3) is 0.286. The van der Waals surface area contributed by atoms with E-state index >= 15 is 0 Å². The first kappa shape index (κ1) is 18.6. The number of hydrogen-bond donors (Lipinski definition) is 2. The lowest BCUT2D eigenvalue weighted by molar-refractivity contribution is -0.148. The van der Waals surface area contributed by atoms with Crippen LogP contribution in [-0.2, 0) is 19.1 Å². The van der Waals surface area contributed by atoms with Crippen LogP contribution in [0.1, 0.15) is 29.9 Å². The van der Waals surface area contributed by atoms with Gasteiger partial charge >= 0.3 is 5.97 Å². The van der Waals surface area contributed by atoms with Gasteiger partial charge in [-0.05, 0) is 17.5 Å². The summed E-state index contributed by atoms with van der Waals surface area (Å²) in [5.41, 5.74) is 2.28. The number of benzene rings is 2. The zero-order valence-electron chi connectivity index (χ0n) is 14.9. The molecule has 0 bridgehead atoms. The molecule has 0 saturated carbocycles. The van der Waals surface area contributed by atoms with Crippen molar-refractivity contribution in [3.63, 3.8) is 0 Å². The molecule has 27 heavy (non-hydrogen) atoms. The maximum Gasteiger partial charge on any atom is 0.329 e. The van der Waals surface area contributed by atoms with Crippen LogP contribution in [0.4, 0.5) is 0 Å². The van der Waals surface area contributed by atoms with Crippen molar-refractivity contribution in [2.75, 3.05) is 13.2 Å². The predicted molar refractivity (Wildman–Crippen MR) is 99.9 cm³/mol. The quantitative estimate of drug-likeness (QED) is 0.763. The maximum absolute atomic E-state index is 12.3. The Morgan fingerprint density at radius 1 is 0.963 bits per heavy atom. The molecule has 0 spiro atoms. The van der Waals surface area contributed by atoms with Crippen LogP contribution in [-0.4, -0.2) is 37.0 Å². The normalized spacial score (nSPS) is 17.0. The van der Waals surface area contributed by atoms with Crippen molar-refractivity contribution in [1.82, 2.24) is 10.6 Å². The van der Waals surface area contributed by atoms with E-state index in [0.717, 1.165) is 11.1 Å². The summed E-state index contributed by atoms with van der Waals surface area (Å²) in [6.45, 7) is 0.0774. The molecule has 1 unspecified atom stereocenters. The predicted octanol–water partition coefficient (Wildman–Crippen LogP) is 1.76. The Hall–Kier alpha value is -3.15. The Bertz CT molecular complexity index is 735. The Morgan fingerprint density at radius 3 is 2.15 bits per heavy atom. The molecule has 1 fully saturated rings. The van der Waals surface area contributed by atoms with Crippen molar-refractivity contribution in [3.05, 3.63) is 71.8 Å². The molecule has 1 atom stereocenters. The van der Waals surface area contributed by atoms with E-state index in [2.05, 4.69) is 34.9 Å². The fourth-order valence-electron chi connectivity index (χ4n) is 3.15. The first-order valence-electron chi connectivity index (χ1n) is 8.96. The van der Waals surface area contributed by atoms with E-state index in [4.69, 9.17) is 4.74 Å². The average Bonchev–Trinajstić information content (AvgIpc) is 2.87. The third-order valence-electron chi connectivity index (χ3n) is 4.51. The second-order valence-corrected chi connectivity index (χ2v) is 6.43. The molecule has 2 N–H and O–H groups in total. The number of carbonyl (C=O) groups excluding carboxylic acids is 3. The van der Waals surface area contributed by atoms with Crippen LogP contribution in [0.15, 0.2) is 60.7 Å². The van der Waals surface area contributed by atoms with Gasteiger partial charge in [0, 0.05) is 5.92 Å². The summed E-state index contributed by atoms with van der Waals surface area (Å²) < 4.78 is 5.37. The Balaban J connectivity index is 1.63. The van der Waals surface area contributed by atoms with Crippen molar-refractivity contribution in [2.24, 2.45) is 0 Å². The van der Waals surface area contributed by atoms with E-state index < -0.39 is 17.9 Å². The summed E-state index contributed by atoms with van der Waals surface area (Å²) >= 11 is 0. The van der Waals surface area contributed by atoms with Gasteiger partial charge in [0.1, 0.15) is 6.04 Å². The Kier molecular flexibility index (Phi) is 6.20. The van der Waals surface area contributed by atoms with Gasteiger partial charge in [-0.1, -0.05) is 60.7 Å². The van der Waals surface area contributed by atoms with Crippen molar-refractivity contribution < 1.29 is 19.1 Å². The van der Waals surface area contributed by atoms with Gasteiger partial charge in [-0.3, -0.25) is 9.59 Å². The highest BCUT2D eigenvalue weighted by Gasteiger charge is 2.28. The van der Waals surface area contributed by atoms with E-state index in [1.165, 1.54) is 0 Å². The smallest absolute Gasteiger partial charge is 0.329 e. The van der Waals surface area contributed by atoms with Crippen LogP contribution in [0.3, 0.4) is 0 Å².